The number of rotatable bonds is 7. The van der Waals surface area contributed by atoms with Gasteiger partial charge in [0.05, 0.1) is 30.4 Å². The Morgan fingerprint density at radius 3 is 2.52 bits per heavy atom. The molecule has 2 aromatic rings. The SMILES string of the molecule is C/C=C(\C=C/CO)C1C(c2ccc(O)cc2)N=C(c2ccc(C(F)(F)F)cc2OCC)N1C(=O)N1CC=CCC1. The Balaban J connectivity index is 1.95. The number of alkyl halides is 3. The number of hydrogen-bond donors (Lipinski definition) is 2. The van der Waals surface area contributed by atoms with Crippen LogP contribution in [-0.2, 0) is 6.18 Å². The topological polar surface area (TPSA) is 85.6 Å². The maximum atomic E-state index is 14.2. The second-order valence-electron chi connectivity index (χ2n) is 9.31. The number of benzene rings is 2. The van der Waals surface area contributed by atoms with E-state index in [4.69, 9.17) is 9.73 Å². The second kappa shape index (κ2) is 12.4. The summed E-state index contributed by atoms with van der Waals surface area (Å²) in [6.07, 6.45) is 5.05. The summed E-state index contributed by atoms with van der Waals surface area (Å²) in [4.78, 5) is 22.3. The normalized spacial score (nSPS) is 19.9. The van der Waals surface area contributed by atoms with Gasteiger partial charge in [-0.1, -0.05) is 42.5 Å². The zero-order valence-corrected chi connectivity index (χ0v) is 22.3. The lowest BCUT2D eigenvalue weighted by atomic mass is 9.92. The van der Waals surface area contributed by atoms with Crippen LogP contribution >= 0.6 is 0 Å². The van der Waals surface area contributed by atoms with E-state index in [0.717, 1.165) is 12.1 Å². The summed E-state index contributed by atoms with van der Waals surface area (Å²) in [5, 5.41) is 19.4. The fraction of sp³-hybridized carbons (Fsp3) is 0.333. The first-order chi connectivity index (χ1) is 19.2. The number of aromatic hydroxyl groups is 1. The fourth-order valence-electron chi connectivity index (χ4n) is 4.89. The van der Waals surface area contributed by atoms with E-state index in [9.17, 15) is 28.2 Å². The van der Waals surface area contributed by atoms with Crippen LogP contribution in [0.3, 0.4) is 0 Å². The molecule has 7 nitrogen and oxygen atoms in total. The standard InChI is InChI=1S/C30H32F3N3O4/c1-3-20(9-8-18-37)27-26(21-10-13-23(38)14-11-21)34-28(36(27)29(39)35-16-6-5-7-17-35)24-15-12-22(30(31,32)33)19-25(24)40-4-2/h3,5-6,8-15,19,26-27,37-38H,4,7,16-18H2,1-2H3/b9-8-,20-3+. The lowest BCUT2D eigenvalue weighted by Crippen LogP contribution is -2.51. The second-order valence-corrected chi connectivity index (χ2v) is 9.31. The van der Waals surface area contributed by atoms with Crippen LogP contribution in [0.2, 0.25) is 0 Å². The highest BCUT2D eigenvalue weighted by Gasteiger charge is 2.45. The zero-order chi connectivity index (χ0) is 28.9. The summed E-state index contributed by atoms with van der Waals surface area (Å²) in [5.74, 6) is 0.199. The number of urea groups is 1. The number of ether oxygens (including phenoxy) is 1. The molecule has 0 bridgehead atoms. The monoisotopic (exact) mass is 555 g/mol. The van der Waals surface area contributed by atoms with Gasteiger partial charge in [0.25, 0.3) is 0 Å². The number of allylic oxidation sites excluding steroid dienone is 1. The summed E-state index contributed by atoms with van der Waals surface area (Å²) in [6, 6.07) is 7.90. The average molecular weight is 556 g/mol. The highest BCUT2D eigenvalue weighted by molar-refractivity contribution is 6.11. The molecule has 40 heavy (non-hydrogen) atoms. The van der Waals surface area contributed by atoms with Crippen LogP contribution in [0, 0.1) is 0 Å². The van der Waals surface area contributed by atoms with Gasteiger partial charge in [0.2, 0.25) is 0 Å². The minimum absolute atomic E-state index is 0.0366. The van der Waals surface area contributed by atoms with E-state index in [2.05, 4.69) is 0 Å². The number of aliphatic hydroxyl groups excluding tert-OH is 1. The van der Waals surface area contributed by atoms with Gasteiger partial charge in [-0.15, -0.1) is 0 Å². The number of amidine groups is 1. The Kier molecular flexibility index (Phi) is 8.99. The Morgan fingerprint density at radius 2 is 1.93 bits per heavy atom. The smallest absolute Gasteiger partial charge is 0.416 e. The third-order valence-corrected chi connectivity index (χ3v) is 6.78. The van der Waals surface area contributed by atoms with Crippen molar-refractivity contribution in [2.75, 3.05) is 26.3 Å². The first-order valence-electron chi connectivity index (χ1n) is 13.1. The maximum absolute atomic E-state index is 14.2. The van der Waals surface area contributed by atoms with E-state index in [1.165, 1.54) is 23.1 Å². The van der Waals surface area contributed by atoms with E-state index >= 15 is 0 Å². The average Bonchev–Trinajstić information content (AvgIpc) is 3.33. The van der Waals surface area contributed by atoms with Crippen molar-refractivity contribution in [3.8, 4) is 11.5 Å². The predicted molar refractivity (Wildman–Crippen MR) is 146 cm³/mol. The van der Waals surface area contributed by atoms with Gasteiger partial charge in [-0.2, -0.15) is 13.2 Å². The van der Waals surface area contributed by atoms with E-state index in [-0.39, 0.29) is 42.1 Å². The van der Waals surface area contributed by atoms with Crippen molar-refractivity contribution in [1.29, 1.82) is 0 Å². The van der Waals surface area contributed by atoms with Crippen molar-refractivity contribution in [1.82, 2.24) is 9.80 Å². The fourth-order valence-corrected chi connectivity index (χ4v) is 4.89. The van der Waals surface area contributed by atoms with Crippen LogP contribution in [0.5, 0.6) is 11.5 Å². The van der Waals surface area contributed by atoms with Crippen molar-refractivity contribution in [2.45, 2.75) is 38.5 Å². The predicted octanol–water partition coefficient (Wildman–Crippen LogP) is 5.86. The molecule has 2 atom stereocenters. The number of nitrogens with zero attached hydrogens (tertiary/aromatic N) is 3. The highest BCUT2D eigenvalue weighted by atomic mass is 19.4. The molecule has 0 aliphatic carbocycles. The summed E-state index contributed by atoms with van der Waals surface area (Å²) in [6.45, 7) is 4.21. The molecule has 10 heteroatoms. The number of hydrogen-bond acceptors (Lipinski definition) is 5. The largest absolute Gasteiger partial charge is 0.508 e. The molecular weight excluding hydrogens is 523 g/mol. The lowest BCUT2D eigenvalue weighted by Gasteiger charge is -2.35. The third kappa shape index (κ3) is 6.07. The molecule has 2 aliphatic rings. The molecule has 2 N–H and O–H groups in total. The summed E-state index contributed by atoms with van der Waals surface area (Å²) in [7, 11) is 0. The van der Waals surface area contributed by atoms with Gasteiger partial charge in [0.15, 0.2) is 0 Å². The number of phenolic OH excluding ortho intramolecular Hbond substituents is 1. The molecule has 0 radical (unpaired) electrons. The van der Waals surface area contributed by atoms with Gasteiger partial charge in [0.1, 0.15) is 23.4 Å². The molecule has 4 rings (SSSR count). The molecule has 2 aromatic carbocycles. The van der Waals surface area contributed by atoms with E-state index in [1.54, 1.807) is 43.0 Å². The van der Waals surface area contributed by atoms with Crippen LogP contribution < -0.4 is 4.74 Å². The zero-order valence-electron chi connectivity index (χ0n) is 22.3. The Bertz CT molecular complexity index is 1330. The summed E-state index contributed by atoms with van der Waals surface area (Å²) < 4.78 is 46.4. The molecule has 0 saturated heterocycles. The number of aliphatic hydroxyl groups is 1. The molecule has 2 amide bonds. The van der Waals surface area contributed by atoms with Crippen molar-refractivity contribution >= 4 is 11.9 Å². The van der Waals surface area contributed by atoms with Crippen molar-refractivity contribution in [3.63, 3.8) is 0 Å². The lowest BCUT2D eigenvalue weighted by molar-refractivity contribution is -0.137. The Morgan fingerprint density at radius 1 is 1.18 bits per heavy atom. The number of phenols is 1. The molecule has 0 spiro atoms. The number of halogens is 3. The van der Waals surface area contributed by atoms with Crippen LogP contribution in [0.4, 0.5) is 18.0 Å². The van der Waals surface area contributed by atoms with Gasteiger partial charge >= 0.3 is 12.2 Å². The quantitative estimate of drug-likeness (QED) is 0.331. The molecule has 0 saturated carbocycles. The van der Waals surface area contributed by atoms with E-state index in [0.29, 0.717) is 30.6 Å². The van der Waals surface area contributed by atoms with Crippen LogP contribution in [-0.4, -0.2) is 64.2 Å². The molecule has 2 heterocycles. The minimum Gasteiger partial charge on any atom is -0.508 e. The third-order valence-electron chi connectivity index (χ3n) is 6.78. The molecule has 2 unspecified atom stereocenters. The van der Waals surface area contributed by atoms with Gasteiger partial charge in [-0.25, -0.2) is 4.79 Å². The molecule has 0 aromatic heterocycles. The Hall–Kier alpha value is -4.05. The van der Waals surface area contributed by atoms with E-state index in [1.807, 2.05) is 18.2 Å². The van der Waals surface area contributed by atoms with E-state index < -0.39 is 23.8 Å². The van der Waals surface area contributed by atoms with Gasteiger partial charge in [-0.3, -0.25) is 9.89 Å². The summed E-state index contributed by atoms with van der Waals surface area (Å²) in [5.41, 5.74) is 0.750. The number of carbonyl (C=O) groups excluding carboxylic acids is 1. The first kappa shape index (κ1) is 28.9. The van der Waals surface area contributed by atoms with Crippen LogP contribution in [0.1, 0.15) is 43.0 Å². The molecule has 212 valence electrons. The van der Waals surface area contributed by atoms with Gasteiger partial charge in [-0.05, 0) is 61.7 Å². The van der Waals surface area contributed by atoms with Crippen LogP contribution in [0.25, 0.3) is 0 Å². The minimum atomic E-state index is -4.58. The maximum Gasteiger partial charge on any atom is 0.416 e. The number of amides is 2. The Labute approximate surface area is 231 Å². The van der Waals surface area contributed by atoms with Gasteiger partial charge < -0.3 is 19.8 Å². The highest BCUT2D eigenvalue weighted by Crippen LogP contribution is 2.41. The first-order valence-corrected chi connectivity index (χ1v) is 13.1. The van der Waals surface area contributed by atoms with Crippen molar-refractivity contribution < 1.29 is 32.9 Å². The molecule has 2 aliphatic heterocycles. The van der Waals surface area contributed by atoms with Crippen LogP contribution in [0.15, 0.2) is 83.4 Å². The van der Waals surface area contributed by atoms with Crippen molar-refractivity contribution in [3.05, 3.63) is 95.1 Å². The van der Waals surface area contributed by atoms with Crippen molar-refractivity contribution in [2.24, 2.45) is 4.99 Å². The molecule has 0 fully saturated rings. The summed E-state index contributed by atoms with van der Waals surface area (Å²) >= 11 is 0. The number of carbonyl (C=O) groups is 1. The number of aliphatic imine (C=N–C) groups is 1. The van der Waals surface area contributed by atoms with Gasteiger partial charge in [0, 0.05) is 13.1 Å². The molecular formula is C30H32F3N3O4.